The lowest BCUT2D eigenvalue weighted by Gasteiger charge is -2.20. The van der Waals surface area contributed by atoms with Gasteiger partial charge in [0.15, 0.2) is 0 Å². The standard InChI is InChI=1S/C13H21NO2/c1-10(15)8-9-14(3)13-6-4-12(5-7-13)11(2)16/h4-7,10-11,15-16H,8-9H2,1-3H3/t10?,11-/m0/s1. The predicted octanol–water partition coefficient (Wildman–Crippen LogP) is 1.95. The first kappa shape index (κ1) is 13.0. The van der Waals surface area contributed by atoms with Crippen LogP contribution < -0.4 is 4.90 Å². The number of aliphatic hydroxyl groups is 2. The Morgan fingerprint density at radius 3 is 2.12 bits per heavy atom. The van der Waals surface area contributed by atoms with E-state index < -0.39 is 6.10 Å². The van der Waals surface area contributed by atoms with Gasteiger partial charge in [0.2, 0.25) is 0 Å². The van der Waals surface area contributed by atoms with Crippen LogP contribution in [0, 0.1) is 0 Å². The van der Waals surface area contributed by atoms with E-state index in [1.54, 1.807) is 13.8 Å². The Morgan fingerprint density at radius 2 is 1.69 bits per heavy atom. The van der Waals surface area contributed by atoms with Crippen LogP contribution in [0.3, 0.4) is 0 Å². The minimum atomic E-state index is -0.420. The van der Waals surface area contributed by atoms with Gasteiger partial charge in [0.05, 0.1) is 12.2 Å². The molecule has 0 heterocycles. The summed E-state index contributed by atoms with van der Waals surface area (Å²) in [5.74, 6) is 0. The van der Waals surface area contributed by atoms with Crippen LogP contribution in [0.15, 0.2) is 24.3 Å². The molecule has 1 aromatic carbocycles. The highest BCUT2D eigenvalue weighted by Gasteiger charge is 2.04. The number of hydrogen-bond acceptors (Lipinski definition) is 3. The minimum absolute atomic E-state index is 0.265. The molecule has 0 aliphatic rings. The van der Waals surface area contributed by atoms with Gasteiger partial charge in [0.25, 0.3) is 0 Å². The molecule has 0 radical (unpaired) electrons. The molecule has 0 aliphatic carbocycles. The van der Waals surface area contributed by atoms with Gasteiger partial charge in [0.1, 0.15) is 0 Å². The van der Waals surface area contributed by atoms with Crippen LogP contribution in [0.5, 0.6) is 0 Å². The average Bonchev–Trinajstić information content (AvgIpc) is 2.26. The monoisotopic (exact) mass is 223 g/mol. The molecule has 16 heavy (non-hydrogen) atoms. The van der Waals surface area contributed by atoms with Crippen molar-refractivity contribution in [1.82, 2.24) is 0 Å². The average molecular weight is 223 g/mol. The molecule has 3 heteroatoms. The van der Waals surface area contributed by atoms with Gasteiger partial charge in [-0.3, -0.25) is 0 Å². The van der Waals surface area contributed by atoms with Crippen molar-refractivity contribution >= 4 is 5.69 Å². The van der Waals surface area contributed by atoms with E-state index >= 15 is 0 Å². The lowest BCUT2D eigenvalue weighted by Crippen LogP contribution is -2.21. The van der Waals surface area contributed by atoms with E-state index in [1.165, 1.54) is 0 Å². The number of nitrogens with zero attached hydrogens (tertiary/aromatic N) is 1. The molecule has 2 N–H and O–H groups in total. The maximum atomic E-state index is 9.38. The molecule has 1 unspecified atom stereocenters. The van der Waals surface area contributed by atoms with Crippen molar-refractivity contribution < 1.29 is 10.2 Å². The fraction of sp³-hybridized carbons (Fsp3) is 0.538. The summed E-state index contributed by atoms with van der Waals surface area (Å²) in [5, 5.41) is 18.6. The van der Waals surface area contributed by atoms with E-state index in [4.69, 9.17) is 0 Å². The van der Waals surface area contributed by atoms with Crippen LogP contribution in [-0.2, 0) is 0 Å². The SMILES string of the molecule is CC(O)CCN(C)c1ccc([C@H](C)O)cc1. The van der Waals surface area contributed by atoms with Crippen LogP contribution in [0.25, 0.3) is 0 Å². The molecule has 0 aliphatic heterocycles. The molecular formula is C13H21NO2. The van der Waals surface area contributed by atoms with Crippen molar-refractivity contribution in [3.8, 4) is 0 Å². The Balaban J connectivity index is 2.59. The quantitative estimate of drug-likeness (QED) is 0.802. The van der Waals surface area contributed by atoms with E-state index in [0.29, 0.717) is 0 Å². The zero-order valence-electron chi connectivity index (χ0n) is 10.2. The summed E-state index contributed by atoms with van der Waals surface area (Å²) in [5.41, 5.74) is 2.03. The summed E-state index contributed by atoms with van der Waals surface area (Å²) < 4.78 is 0. The minimum Gasteiger partial charge on any atom is -0.393 e. The molecule has 2 atom stereocenters. The highest BCUT2D eigenvalue weighted by molar-refractivity contribution is 5.47. The first-order chi connectivity index (χ1) is 7.50. The molecule has 0 amide bonds. The molecule has 0 saturated heterocycles. The molecule has 3 nitrogen and oxygen atoms in total. The molecule has 90 valence electrons. The van der Waals surface area contributed by atoms with Crippen molar-refractivity contribution in [3.05, 3.63) is 29.8 Å². The van der Waals surface area contributed by atoms with E-state index in [1.807, 2.05) is 31.3 Å². The Kier molecular flexibility index (Phi) is 4.77. The predicted molar refractivity (Wildman–Crippen MR) is 66.6 cm³/mol. The smallest absolute Gasteiger partial charge is 0.0761 e. The highest BCUT2D eigenvalue weighted by atomic mass is 16.3. The topological polar surface area (TPSA) is 43.7 Å². The summed E-state index contributed by atoms with van der Waals surface area (Å²) >= 11 is 0. The van der Waals surface area contributed by atoms with Crippen molar-refractivity contribution in [1.29, 1.82) is 0 Å². The van der Waals surface area contributed by atoms with Gasteiger partial charge in [-0.25, -0.2) is 0 Å². The maximum Gasteiger partial charge on any atom is 0.0761 e. The summed E-state index contributed by atoms with van der Waals surface area (Å²) in [4.78, 5) is 2.10. The first-order valence-corrected chi connectivity index (χ1v) is 5.68. The summed E-state index contributed by atoms with van der Waals surface area (Å²) in [7, 11) is 2.00. The van der Waals surface area contributed by atoms with Crippen molar-refractivity contribution in [2.24, 2.45) is 0 Å². The zero-order valence-corrected chi connectivity index (χ0v) is 10.2. The molecule has 1 rings (SSSR count). The van der Waals surface area contributed by atoms with Gasteiger partial charge < -0.3 is 15.1 Å². The van der Waals surface area contributed by atoms with Crippen molar-refractivity contribution in [2.45, 2.75) is 32.5 Å². The Hall–Kier alpha value is -1.06. The second-order valence-corrected chi connectivity index (χ2v) is 4.33. The second kappa shape index (κ2) is 5.87. The highest BCUT2D eigenvalue weighted by Crippen LogP contribution is 2.18. The lowest BCUT2D eigenvalue weighted by molar-refractivity contribution is 0.187. The van der Waals surface area contributed by atoms with Gasteiger partial charge in [-0.15, -0.1) is 0 Å². The van der Waals surface area contributed by atoms with Gasteiger partial charge in [-0.1, -0.05) is 12.1 Å². The van der Waals surface area contributed by atoms with E-state index in [2.05, 4.69) is 4.90 Å². The van der Waals surface area contributed by atoms with Gasteiger partial charge >= 0.3 is 0 Å². The van der Waals surface area contributed by atoms with Gasteiger partial charge in [-0.05, 0) is 38.0 Å². The third-order valence-corrected chi connectivity index (χ3v) is 2.70. The lowest BCUT2D eigenvalue weighted by atomic mass is 10.1. The molecule has 0 fully saturated rings. The first-order valence-electron chi connectivity index (χ1n) is 5.68. The molecular weight excluding hydrogens is 202 g/mol. The summed E-state index contributed by atoms with van der Waals surface area (Å²) in [6.07, 6.45) is 0.0743. The third-order valence-electron chi connectivity index (χ3n) is 2.70. The van der Waals surface area contributed by atoms with Crippen molar-refractivity contribution in [3.63, 3.8) is 0 Å². The summed E-state index contributed by atoms with van der Waals surface area (Å²) in [6, 6.07) is 7.84. The largest absolute Gasteiger partial charge is 0.393 e. The number of anilines is 1. The fourth-order valence-corrected chi connectivity index (χ4v) is 1.52. The fourth-order valence-electron chi connectivity index (χ4n) is 1.52. The third kappa shape index (κ3) is 3.83. The van der Waals surface area contributed by atoms with Crippen LogP contribution in [0.1, 0.15) is 31.9 Å². The van der Waals surface area contributed by atoms with Gasteiger partial charge in [0, 0.05) is 19.3 Å². The summed E-state index contributed by atoms with van der Waals surface area (Å²) in [6.45, 7) is 4.38. The maximum absolute atomic E-state index is 9.38. The van der Waals surface area contributed by atoms with Crippen LogP contribution in [0.4, 0.5) is 5.69 Å². The van der Waals surface area contributed by atoms with Crippen LogP contribution in [0.2, 0.25) is 0 Å². The molecule has 0 aromatic heterocycles. The number of hydrogen-bond donors (Lipinski definition) is 2. The van der Waals surface area contributed by atoms with Crippen molar-refractivity contribution in [2.75, 3.05) is 18.5 Å². The van der Waals surface area contributed by atoms with E-state index in [0.717, 1.165) is 24.2 Å². The number of benzene rings is 1. The Bertz CT molecular complexity index is 306. The zero-order chi connectivity index (χ0) is 12.1. The van der Waals surface area contributed by atoms with E-state index in [9.17, 15) is 10.2 Å². The number of rotatable bonds is 5. The van der Waals surface area contributed by atoms with Crippen LogP contribution >= 0.6 is 0 Å². The molecule has 0 spiro atoms. The van der Waals surface area contributed by atoms with Crippen LogP contribution in [-0.4, -0.2) is 29.9 Å². The van der Waals surface area contributed by atoms with Gasteiger partial charge in [-0.2, -0.15) is 0 Å². The second-order valence-electron chi connectivity index (χ2n) is 4.33. The molecule has 1 aromatic rings. The molecule has 0 saturated carbocycles. The Labute approximate surface area is 97.3 Å². The Morgan fingerprint density at radius 1 is 1.12 bits per heavy atom. The normalized spacial score (nSPS) is 14.6. The number of aliphatic hydroxyl groups excluding tert-OH is 2. The molecule has 0 bridgehead atoms. The van der Waals surface area contributed by atoms with E-state index in [-0.39, 0.29) is 6.10 Å².